The average molecular weight is 467 g/mol. The van der Waals surface area contributed by atoms with Gasteiger partial charge >= 0.3 is 5.97 Å². The van der Waals surface area contributed by atoms with Crippen molar-refractivity contribution in [1.29, 1.82) is 0 Å². The zero-order chi connectivity index (χ0) is 23.0. The molecule has 0 spiro atoms. The maximum Gasteiger partial charge on any atom is 0.306 e. The Morgan fingerprint density at radius 1 is 1.26 bits per heavy atom. The molecule has 0 heterocycles. The summed E-state index contributed by atoms with van der Waals surface area (Å²) >= 11 is 14.7. The molecule has 8 atom stereocenters. The fourth-order valence-corrected chi connectivity index (χ4v) is 8.99. The van der Waals surface area contributed by atoms with Crippen LogP contribution in [0.4, 0.5) is 0 Å². The lowest BCUT2D eigenvalue weighted by Gasteiger charge is -2.64. The molecule has 6 heteroatoms. The van der Waals surface area contributed by atoms with E-state index in [4.69, 9.17) is 27.9 Å². The summed E-state index contributed by atoms with van der Waals surface area (Å²) in [7, 11) is 0. The number of fused-ring (bicyclic) bond motifs is 5. The Bertz CT molecular complexity index is 909. The number of halogens is 2. The van der Waals surface area contributed by atoms with Gasteiger partial charge in [0, 0.05) is 23.2 Å². The van der Waals surface area contributed by atoms with E-state index < -0.39 is 26.7 Å². The SMILES string of the molecule is CCC(=O)O[C@]1(C(C)=O)C(C)C[C@H]2[C@@H]3CCC4=CC(=O)C=C[C@]4(C)[C@@]3(Cl)C(Cl)C[C@@]21C. The van der Waals surface area contributed by atoms with Crippen LogP contribution < -0.4 is 0 Å². The topological polar surface area (TPSA) is 60.4 Å². The fraction of sp³-hybridized carbons (Fsp3) is 0.720. The van der Waals surface area contributed by atoms with Crippen molar-refractivity contribution in [2.75, 3.05) is 0 Å². The van der Waals surface area contributed by atoms with Crippen molar-refractivity contribution in [2.24, 2.45) is 28.6 Å². The monoisotopic (exact) mass is 466 g/mol. The minimum Gasteiger partial charge on any atom is -0.450 e. The smallest absolute Gasteiger partial charge is 0.306 e. The van der Waals surface area contributed by atoms with Gasteiger partial charge in [-0.25, -0.2) is 0 Å². The summed E-state index contributed by atoms with van der Waals surface area (Å²) < 4.78 is 6.04. The maximum absolute atomic E-state index is 13.2. The summed E-state index contributed by atoms with van der Waals surface area (Å²) in [4.78, 5) is 36.9. The number of hydrogen-bond acceptors (Lipinski definition) is 4. The predicted octanol–water partition coefficient (Wildman–Crippen LogP) is 5.40. The van der Waals surface area contributed by atoms with Crippen LogP contribution in [0.15, 0.2) is 23.8 Å². The minimum atomic E-state index is -1.19. The van der Waals surface area contributed by atoms with Crippen molar-refractivity contribution in [1.82, 2.24) is 0 Å². The van der Waals surface area contributed by atoms with Crippen LogP contribution in [-0.4, -0.2) is 33.4 Å². The molecule has 0 bridgehead atoms. The van der Waals surface area contributed by atoms with Gasteiger partial charge in [-0.3, -0.25) is 14.4 Å². The number of carbonyl (C=O) groups is 3. The van der Waals surface area contributed by atoms with Gasteiger partial charge in [-0.2, -0.15) is 0 Å². The molecule has 0 saturated heterocycles. The fourth-order valence-electron chi connectivity index (χ4n) is 7.76. The zero-order valence-electron chi connectivity index (χ0n) is 19.0. The van der Waals surface area contributed by atoms with Crippen LogP contribution in [0.5, 0.6) is 0 Å². The Balaban J connectivity index is 1.84. The summed E-state index contributed by atoms with van der Waals surface area (Å²) in [6, 6.07) is 0. The average Bonchev–Trinajstić information content (AvgIpc) is 2.91. The molecule has 0 N–H and O–H groups in total. The van der Waals surface area contributed by atoms with Crippen molar-refractivity contribution >= 4 is 40.7 Å². The molecule has 3 fully saturated rings. The molecule has 0 aromatic rings. The molecule has 2 unspecified atom stereocenters. The van der Waals surface area contributed by atoms with Crippen molar-refractivity contribution < 1.29 is 19.1 Å². The first-order chi connectivity index (χ1) is 14.4. The van der Waals surface area contributed by atoms with E-state index in [1.165, 1.54) is 6.92 Å². The number of allylic oxidation sites excluding steroid dienone is 4. The molecule has 170 valence electrons. The van der Waals surface area contributed by atoms with E-state index in [0.29, 0.717) is 6.42 Å². The molecule has 4 nitrogen and oxygen atoms in total. The lowest BCUT2D eigenvalue weighted by atomic mass is 9.46. The Labute approximate surface area is 194 Å². The number of esters is 1. The molecular formula is C25H32Cl2O4. The van der Waals surface area contributed by atoms with Crippen molar-refractivity contribution in [3.05, 3.63) is 23.8 Å². The quantitative estimate of drug-likeness (QED) is 0.412. The van der Waals surface area contributed by atoms with Crippen molar-refractivity contribution in [2.45, 2.75) is 82.6 Å². The maximum atomic E-state index is 13.2. The third kappa shape index (κ3) is 2.70. The van der Waals surface area contributed by atoms with Crippen LogP contribution >= 0.6 is 23.2 Å². The molecule has 4 aliphatic rings. The molecule has 4 aliphatic carbocycles. The van der Waals surface area contributed by atoms with Gasteiger partial charge in [0.05, 0.1) is 10.3 Å². The Hall–Kier alpha value is -1.13. The zero-order valence-corrected chi connectivity index (χ0v) is 20.5. The molecule has 0 radical (unpaired) electrons. The highest BCUT2D eigenvalue weighted by Crippen LogP contribution is 2.72. The van der Waals surface area contributed by atoms with E-state index >= 15 is 0 Å². The van der Waals surface area contributed by atoms with Gasteiger partial charge in [-0.15, -0.1) is 23.2 Å². The van der Waals surface area contributed by atoms with Gasteiger partial charge in [0.15, 0.2) is 17.2 Å². The number of ketones is 2. The summed E-state index contributed by atoms with van der Waals surface area (Å²) in [5.74, 6) is -0.454. The first-order valence-corrected chi connectivity index (χ1v) is 12.2. The molecule has 0 aromatic heterocycles. The second kappa shape index (κ2) is 7.18. The standard InChI is InChI=1S/C25H32Cl2O4/c1-6-21(30)31-25(15(3)28)14(2)11-19-18-8-7-16-12-17(29)9-10-22(16,4)24(18,27)20(26)13-23(19,25)5/h9-10,12,14,18-20H,6-8,11,13H2,1-5H3/t14?,18-,19-,20?,22-,23-,24-,25-/m0/s1. The predicted molar refractivity (Wildman–Crippen MR) is 121 cm³/mol. The molecule has 3 saturated carbocycles. The van der Waals surface area contributed by atoms with Gasteiger partial charge in [0.2, 0.25) is 0 Å². The summed E-state index contributed by atoms with van der Waals surface area (Å²) in [6.07, 6.45) is 8.30. The van der Waals surface area contributed by atoms with E-state index in [-0.39, 0.29) is 41.7 Å². The van der Waals surface area contributed by atoms with E-state index in [0.717, 1.165) is 24.8 Å². The first-order valence-electron chi connectivity index (χ1n) is 11.4. The van der Waals surface area contributed by atoms with Gasteiger partial charge in [-0.1, -0.05) is 39.3 Å². The molecule has 4 rings (SSSR count). The summed E-state index contributed by atoms with van der Waals surface area (Å²) in [5.41, 5.74) is -1.26. The third-order valence-electron chi connectivity index (χ3n) is 9.22. The van der Waals surface area contributed by atoms with Crippen LogP contribution in [-0.2, 0) is 19.1 Å². The minimum absolute atomic E-state index is 0.00507. The molecule has 0 aromatic carbocycles. The summed E-state index contributed by atoms with van der Waals surface area (Å²) in [6.45, 7) is 9.47. The normalized spacial score (nSPS) is 48.4. The van der Waals surface area contributed by atoms with Crippen LogP contribution in [0, 0.1) is 28.6 Å². The van der Waals surface area contributed by atoms with Crippen LogP contribution in [0.25, 0.3) is 0 Å². The third-order valence-corrected chi connectivity index (χ3v) is 10.8. The Morgan fingerprint density at radius 2 is 1.94 bits per heavy atom. The lowest BCUT2D eigenvalue weighted by molar-refractivity contribution is -0.192. The highest BCUT2D eigenvalue weighted by Gasteiger charge is 2.75. The molecule has 0 amide bonds. The number of ether oxygens (including phenoxy) is 1. The van der Waals surface area contributed by atoms with Crippen LogP contribution in [0.3, 0.4) is 0 Å². The Kier molecular flexibility index (Phi) is 5.34. The second-order valence-electron chi connectivity index (χ2n) is 10.5. The first kappa shape index (κ1) is 23.0. The number of alkyl halides is 2. The number of Topliss-reactive ketones (excluding diaryl/α,β-unsaturated/α-hetero) is 1. The molecule has 31 heavy (non-hydrogen) atoms. The van der Waals surface area contributed by atoms with Crippen LogP contribution in [0.1, 0.15) is 66.7 Å². The molecule has 0 aliphatic heterocycles. The van der Waals surface area contributed by atoms with Crippen LogP contribution in [0.2, 0.25) is 0 Å². The second-order valence-corrected chi connectivity index (χ2v) is 11.6. The summed E-state index contributed by atoms with van der Waals surface area (Å²) in [5, 5.41) is -0.448. The van der Waals surface area contributed by atoms with Gasteiger partial charge in [-0.05, 0) is 56.6 Å². The molecular weight excluding hydrogens is 435 g/mol. The number of carbonyl (C=O) groups excluding carboxylic acids is 3. The van der Waals surface area contributed by atoms with E-state index in [9.17, 15) is 14.4 Å². The van der Waals surface area contributed by atoms with Gasteiger partial charge in [0.25, 0.3) is 0 Å². The van der Waals surface area contributed by atoms with E-state index in [1.54, 1.807) is 19.1 Å². The highest BCUT2D eigenvalue weighted by atomic mass is 35.5. The van der Waals surface area contributed by atoms with Gasteiger partial charge < -0.3 is 4.74 Å². The largest absolute Gasteiger partial charge is 0.450 e. The Morgan fingerprint density at radius 3 is 2.55 bits per heavy atom. The van der Waals surface area contributed by atoms with E-state index in [1.807, 2.05) is 13.0 Å². The van der Waals surface area contributed by atoms with E-state index in [2.05, 4.69) is 13.8 Å². The number of rotatable bonds is 3. The van der Waals surface area contributed by atoms with Gasteiger partial charge in [0.1, 0.15) is 0 Å². The lowest BCUT2D eigenvalue weighted by Crippen LogP contribution is -2.68. The van der Waals surface area contributed by atoms with Crippen molar-refractivity contribution in [3.63, 3.8) is 0 Å². The number of hydrogen-bond donors (Lipinski definition) is 0. The highest BCUT2D eigenvalue weighted by molar-refractivity contribution is 6.34. The van der Waals surface area contributed by atoms with Crippen molar-refractivity contribution in [3.8, 4) is 0 Å².